The molecule has 0 aliphatic carbocycles. The number of rotatable bonds is 6. The third-order valence-corrected chi connectivity index (χ3v) is 3.82. The number of hydrogen-bond acceptors (Lipinski definition) is 5. The number of para-hydroxylation sites is 1. The van der Waals surface area contributed by atoms with Gasteiger partial charge in [0.1, 0.15) is 11.4 Å². The zero-order chi connectivity index (χ0) is 19.3. The summed E-state index contributed by atoms with van der Waals surface area (Å²) in [6, 6.07) is 13.6. The molecule has 0 heterocycles. The Bertz CT molecular complexity index is 778. The molecule has 0 unspecified atom stereocenters. The fourth-order valence-corrected chi connectivity index (χ4v) is 2.74. The van der Waals surface area contributed by atoms with Gasteiger partial charge in [0.25, 0.3) is 5.69 Å². The van der Waals surface area contributed by atoms with Gasteiger partial charge in [0, 0.05) is 17.5 Å². The molecule has 0 fully saturated rings. The summed E-state index contributed by atoms with van der Waals surface area (Å²) in [6.07, 6.45) is 0.00839. The van der Waals surface area contributed by atoms with Crippen molar-refractivity contribution in [1.29, 1.82) is 0 Å². The smallest absolute Gasteiger partial charge is 0.307 e. The number of hydrogen-bond donors (Lipinski definition) is 0. The molecule has 2 aromatic rings. The largest absolute Gasteiger partial charge is 0.497 e. The van der Waals surface area contributed by atoms with Crippen LogP contribution in [-0.2, 0) is 9.53 Å². The molecular formula is C20H23NO5. The Kier molecular flexibility index (Phi) is 5.97. The van der Waals surface area contributed by atoms with E-state index in [1.54, 1.807) is 58.2 Å². The van der Waals surface area contributed by atoms with Crippen LogP contribution in [-0.4, -0.2) is 23.6 Å². The van der Waals surface area contributed by atoms with Crippen LogP contribution in [0, 0.1) is 10.1 Å². The minimum atomic E-state index is -0.621. The second-order valence-corrected chi connectivity index (χ2v) is 6.93. The van der Waals surface area contributed by atoms with Crippen LogP contribution in [0.1, 0.15) is 44.2 Å². The standard InChI is InChI=1S/C20H23NO5/c1-20(2,3)26-19(22)13-17(14-9-11-15(25-4)12-10-14)16-7-5-6-8-18(16)21(23)24/h5-12,17H,13H2,1-4H3/t17-/m1/s1. The lowest BCUT2D eigenvalue weighted by atomic mass is 9.87. The van der Waals surface area contributed by atoms with E-state index < -0.39 is 22.4 Å². The van der Waals surface area contributed by atoms with Gasteiger partial charge in [0.2, 0.25) is 0 Å². The summed E-state index contributed by atoms with van der Waals surface area (Å²) in [5.41, 5.74) is 0.626. The molecule has 1 atom stereocenters. The Morgan fingerprint density at radius 3 is 2.27 bits per heavy atom. The van der Waals surface area contributed by atoms with Crippen LogP contribution in [0.5, 0.6) is 5.75 Å². The second-order valence-electron chi connectivity index (χ2n) is 6.93. The average Bonchev–Trinajstić information content (AvgIpc) is 2.58. The van der Waals surface area contributed by atoms with Gasteiger partial charge < -0.3 is 9.47 Å². The zero-order valence-corrected chi connectivity index (χ0v) is 15.4. The summed E-state index contributed by atoms with van der Waals surface area (Å²) in [5, 5.41) is 11.4. The highest BCUT2D eigenvalue weighted by Gasteiger charge is 2.28. The number of nitro groups is 1. The van der Waals surface area contributed by atoms with Crippen molar-refractivity contribution in [2.75, 3.05) is 7.11 Å². The van der Waals surface area contributed by atoms with Crippen LogP contribution in [0.4, 0.5) is 5.69 Å². The average molecular weight is 357 g/mol. The summed E-state index contributed by atoms with van der Waals surface area (Å²) >= 11 is 0. The lowest BCUT2D eigenvalue weighted by molar-refractivity contribution is -0.385. The van der Waals surface area contributed by atoms with E-state index in [4.69, 9.17) is 9.47 Å². The monoisotopic (exact) mass is 357 g/mol. The van der Waals surface area contributed by atoms with Gasteiger partial charge in [-0.15, -0.1) is 0 Å². The fraction of sp³-hybridized carbons (Fsp3) is 0.350. The lowest BCUT2D eigenvalue weighted by Crippen LogP contribution is -2.25. The summed E-state index contributed by atoms with van der Waals surface area (Å²) in [7, 11) is 1.56. The molecule has 0 radical (unpaired) electrons. The molecule has 0 N–H and O–H groups in total. The molecule has 0 aliphatic rings. The van der Waals surface area contributed by atoms with Crippen molar-refractivity contribution < 1.29 is 19.2 Å². The van der Waals surface area contributed by atoms with Gasteiger partial charge in [0.05, 0.1) is 18.5 Å². The topological polar surface area (TPSA) is 78.7 Å². The third-order valence-electron chi connectivity index (χ3n) is 3.82. The van der Waals surface area contributed by atoms with Crippen LogP contribution < -0.4 is 4.74 Å². The van der Waals surface area contributed by atoms with E-state index in [0.29, 0.717) is 11.3 Å². The molecule has 0 bridgehead atoms. The second kappa shape index (κ2) is 7.99. The first-order valence-corrected chi connectivity index (χ1v) is 8.30. The van der Waals surface area contributed by atoms with E-state index in [0.717, 1.165) is 5.56 Å². The molecule has 138 valence electrons. The Morgan fingerprint density at radius 1 is 1.12 bits per heavy atom. The summed E-state index contributed by atoms with van der Waals surface area (Å²) in [4.78, 5) is 23.4. The molecule has 0 aliphatic heterocycles. The van der Waals surface area contributed by atoms with Crippen molar-refractivity contribution >= 4 is 11.7 Å². The van der Waals surface area contributed by atoms with E-state index in [1.807, 2.05) is 12.1 Å². The van der Waals surface area contributed by atoms with E-state index in [9.17, 15) is 14.9 Å². The molecule has 0 amide bonds. The van der Waals surface area contributed by atoms with Gasteiger partial charge in [-0.05, 0) is 38.5 Å². The van der Waals surface area contributed by atoms with Gasteiger partial charge in [-0.2, -0.15) is 0 Å². The van der Waals surface area contributed by atoms with Crippen LogP contribution >= 0.6 is 0 Å². The fourth-order valence-electron chi connectivity index (χ4n) is 2.74. The van der Waals surface area contributed by atoms with E-state index in [-0.39, 0.29) is 12.1 Å². The zero-order valence-electron chi connectivity index (χ0n) is 15.4. The maximum absolute atomic E-state index is 12.4. The number of benzene rings is 2. The van der Waals surface area contributed by atoms with Gasteiger partial charge >= 0.3 is 5.97 Å². The molecule has 6 nitrogen and oxygen atoms in total. The summed E-state index contributed by atoms with van der Waals surface area (Å²) in [5.74, 6) is -0.221. The van der Waals surface area contributed by atoms with Crippen LogP contribution in [0.25, 0.3) is 0 Å². The Balaban J connectivity index is 2.44. The number of nitro benzene ring substituents is 1. The first-order chi connectivity index (χ1) is 12.2. The Hall–Kier alpha value is -2.89. The van der Waals surface area contributed by atoms with E-state index in [1.165, 1.54) is 6.07 Å². The summed E-state index contributed by atoms with van der Waals surface area (Å²) in [6.45, 7) is 5.37. The molecule has 2 rings (SSSR count). The molecule has 0 aromatic heterocycles. The molecule has 26 heavy (non-hydrogen) atoms. The number of carbonyl (C=O) groups is 1. The van der Waals surface area contributed by atoms with Crippen molar-refractivity contribution in [3.8, 4) is 5.75 Å². The Morgan fingerprint density at radius 2 is 1.73 bits per heavy atom. The van der Waals surface area contributed by atoms with Gasteiger partial charge in [-0.3, -0.25) is 14.9 Å². The molecule has 6 heteroatoms. The minimum absolute atomic E-state index is 0.00839. The normalized spacial score (nSPS) is 12.3. The molecule has 0 saturated carbocycles. The highest BCUT2D eigenvalue weighted by molar-refractivity contribution is 5.72. The minimum Gasteiger partial charge on any atom is -0.497 e. The van der Waals surface area contributed by atoms with Crippen molar-refractivity contribution in [1.82, 2.24) is 0 Å². The molecule has 0 spiro atoms. The predicted molar refractivity (Wildman–Crippen MR) is 98.4 cm³/mol. The van der Waals surface area contributed by atoms with Gasteiger partial charge in [-0.1, -0.05) is 30.3 Å². The number of methoxy groups -OCH3 is 1. The quantitative estimate of drug-likeness (QED) is 0.433. The molecular weight excluding hydrogens is 334 g/mol. The summed E-state index contributed by atoms with van der Waals surface area (Å²) < 4.78 is 10.6. The lowest BCUT2D eigenvalue weighted by Gasteiger charge is -2.23. The number of esters is 1. The third kappa shape index (κ3) is 5.05. The maximum Gasteiger partial charge on any atom is 0.307 e. The first kappa shape index (κ1) is 19.4. The van der Waals surface area contributed by atoms with Crippen molar-refractivity contribution in [3.63, 3.8) is 0 Å². The van der Waals surface area contributed by atoms with Crippen molar-refractivity contribution in [2.24, 2.45) is 0 Å². The first-order valence-electron chi connectivity index (χ1n) is 8.30. The van der Waals surface area contributed by atoms with Gasteiger partial charge in [0.15, 0.2) is 0 Å². The van der Waals surface area contributed by atoms with Crippen LogP contribution in [0.3, 0.4) is 0 Å². The number of ether oxygens (including phenoxy) is 2. The highest BCUT2D eigenvalue weighted by Crippen LogP contribution is 2.35. The number of carbonyl (C=O) groups excluding carboxylic acids is 1. The van der Waals surface area contributed by atoms with Crippen molar-refractivity contribution in [3.05, 3.63) is 69.8 Å². The highest BCUT2D eigenvalue weighted by atomic mass is 16.6. The van der Waals surface area contributed by atoms with E-state index >= 15 is 0 Å². The van der Waals surface area contributed by atoms with Crippen LogP contribution in [0.2, 0.25) is 0 Å². The maximum atomic E-state index is 12.4. The Labute approximate surface area is 152 Å². The molecule has 2 aromatic carbocycles. The van der Waals surface area contributed by atoms with Crippen LogP contribution in [0.15, 0.2) is 48.5 Å². The molecule has 0 saturated heterocycles. The number of nitrogens with zero attached hydrogens (tertiary/aromatic N) is 1. The SMILES string of the molecule is COc1ccc([C@@H](CC(=O)OC(C)(C)C)c2ccccc2[N+](=O)[O-])cc1. The van der Waals surface area contributed by atoms with Gasteiger partial charge in [-0.25, -0.2) is 0 Å². The predicted octanol–water partition coefficient (Wildman–Crippen LogP) is 4.47. The van der Waals surface area contributed by atoms with E-state index in [2.05, 4.69) is 0 Å². The van der Waals surface area contributed by atoms with Crippen molar-refractivity contribution in [2.45, 2.75) is 38.7 Å².